The van der Waals surface area contributed by atoms with Crippen molar-refractivity contribution in [1.29, 1.82) is 0 Å². The number of hydrogen-bond acceptors (Lipinski definition) is 1. The maximum absolute atomic E-state index is 10.1. The summed E-state index contributed by atoms with van der Waals surface area (Å²) in [6.45, 7) is 7.27. The average molecular weight is 139 g/mol. The van der Waals surface area contributed by atoms with Gasteiger partial charge in [0.05, 0.1) is 0 Å². The number of unbranched alkanes of at least 4 members (excludes halogenated alkanes) is 2. The molecule has 57 valence electrons. The Hall–Kier alpha value is -0.590. The molecule has 1 radical (unpaired) electrons. The summed E-state index contributed by atoms with van der Waals surface area (Å²) >= 11 is 0. The Kier molecular flexibility index (Phi) is 6.14. The molecule has 0 bridgehead atoms. The molecule has 0 aliphatic heterocycles. The van der Waals surface area contributed by atoms with E-state index in [0.717, 1.165) is 32.0 Å². The molecule has 0 aliphatic rings. The lowest BCUT2D eigenvalue weighted by molar-refractivity contribution is -0.110. The molecule has 1 atom stereocenters. The van der Waals surface area contributed by atoms with Crippen molar-refractivity contribution in [3.8, 4) is 0 Å². The van der Waals surface area contributed by atoms with Gasteiger partial charge in [0.2, 0.25) is 0 Å². The van der Waals surface area contributed by atoms with Gasteiger partial charge in [0.25, 0.3) is 0 Å². The summed E-state index contributed by atoms with van der Waals surface area (Å²) in [6, 6.07) is 0. The van der Waals surface area contributed by atoms with Crippen LogP contribution < -0.4 is 0 Å². The highest BCUT2D eigenvalue weighted by molar-refractivity contribution is 5.54. The molecule has 0 amide bonds. The number of allylic oxidation sites excluding steroid dienone is 1. The third-order valence-electron chi connectivity index (χ3n) is 1.43. The molecule has 1 unspecified atom stereocenters. The molecule has 0 saturated heterocycles. The molecule has 0 aromatic carbocycles. The summed E-state index contributed by atoms with van der Waals surface area (Å²) in [5, 5.41) is 0. The molecule has 0 spiro atoms. The highest BCUT2D eigenvalue weighted by Gasteiger charge is 1.97. The summed E-state index contributed by atoms with van der Waals surface area (Å²) < 4.78 is 0. The molecule has 0 aromatic rings. The van der Waals surface area contributed by atoms with Crippen LogP contribution in [0.4, 0.5) is 0 Å². The van der Waals surface area contributed by atoms with Crippen LogP contribution in [0.15, 0.2) is 12.7 Å². The molecule has 10 heavy (non-hydrogen) atoms. The molecule has 0 heterocycles. The zero-order chi connectivity index (χ0) is 7.82. The minimum absolute atomic E-state index is 0.00943. The van der Waals surface area contributed by atoms with Crippen LogP contribution in [-0.4, -0.2) is 6.29 Å². The van der Waals surface area contributed by atoms with E-state index >= 15 is 0 Å². The van der Waals surface area contributed by atoms with Crippen LogP contribution in [0, 0.1) is 12.8 Å². The quantitative estimate of drug-likeness (QED) is 0.314. The summed E-state index contributed by atoms with van der Waals surface area (Å²) in [4.78, 5) is 10.1. The molecule has 0 fully saturated rings. The SMILES string of the molecule is [CH2]C(C=O)CCCCC=C. The Morgan fingerprint density at radius 3 is 2.60 bits per heavy atom. The maximum atomic E-state index is 10.1. The fourth-order valence-electron chi connectivity index (χ4n) is 0.763. The number of carbonyl (C=O) groups is 1. The van der Waals surface area contributed by atoms with Crippen LogP contribution in [0.2, 0.25) is 0 Å². The highest BCUT2D eigenvalue weighted by atomic mass is 16.1. The zero-order valence-electron chi connectivity index (χ0n) is 6.38. The van der Waals surface area contributed by atoms with E-state index in [1.165, 1.54) is 0 Å². The van der Waals surface area contributed by atoms with Crippen molar-refractivity contribution in [1.82, 2.24) is 0 Å². The normalized spacial score (nSPS) is 12.5. The van der Waals surface area contributed by atoms with Gasteiger partial charge in [-0.1, -0.05) is 12.5 Å². The van der Waals surface area contributed by atoms with E-state index < -0.39 is 0 Å². The number of carbonyl (C=O) groups excluding carboxylic acids is 1. The van der Waals surface area contributed by atoms with Gasteiger partial charge >= 0.3 is 0 Å². The molecule has 0 rings (SSSR count). The number of aldehydes is 1. The minimum atomic E-state index is -0.00943. The Morgan fingerprint density at radius 1 is 1.40 bits per heavy atom. The van der Waals surface area contributed by atoms with Crippen molar-refractivity contribution in [2.45, 2.75) is 25.7 Å². The summed E-state index contributed by atoms with van der Waals surface area (Å²) in [5.41, 5.74) is 0. The third-order valence-corrected chi connectivity index (χ3v) is 1.43. The van der Waals surface area contributed by atoms with E-state index in [1.807, 2.05) is 6.08 Å². The van der Waals surface area contributed by atoms with E-state index in [2.05, 4.69) is 13.5 Å². The zero-order valence-corrected chi connectivity index (χ0v) is 6.38. The van der Waals surface area contributed by atoms with E-state index in [-0.39, 0.29) is 5.92 Å². The van der Waals surface area contributed by atoms with Crippen molar-refractivity contribution >= 4 is 6.29 Å². The molecular weight excluding hydrogens is 124 g/mol. The highest BCUT2D eigenvalue weighted by Crippen LogP contribution is 2.06. The topological polar surface area (TPSA) is 17.1 Å². The molecule has 0 N–H and O–H groups in total. The van der Waals surface area contributed by atoms with Crippen molar-refractivity contribution in [3.63, 3.8) is 0 Å². The first-order valence-electron chi connectivity index (χ1n) is 3.70. The lowest BCUT2D eigenvalue weighted by Crippen LogP contribution is -1.94. The Labute approximate surface area is 63.1 Å². The van der Waals surface area contributed by atoms with Gasteiger partial charge in [0, 0.05) is 5.92 Å². The minimum Gasteiger partial charge on any atom is -0.303 e. The van der Waals surface area contributed by atoms with Crippen LogP contribution >= 0.6 is 0 Å². The fourth-order valence-corrected chi connectivity index (χ4v) is 0.763. The first-order valence-corrected chi connectivity index (χ1v) is 3.70. The van der Waals surface area contributed by atoms with E-state index in [0.29, 0.717) is 0 Å². The van der Waals surface area contributed by atoms with Crippen LogP contribution in [0.5, 0.6) is 0 Å². The third kappa shape index (κ3) is 5.54. The maximum Gasteiger partial charge on any atom is 0.123 e. The number of rotatable bonds is 6. The van der Waals surface area contributed by atoms with Crippen molar-refractivity contribution in [2.75, 3.05) is 0 Å². The van der Waals surface area contributed by atoms with Crippen molar-refractivity contribution in [3.05, 3.63) is 19.6 Å². The standard InChI is InChI=1S/C9H15O/c1-3-4-5-6-7-9(2)8-10/h3,8-9H,1-2,4-7H2. The molecule has 0 saturated carbocycles. The smallest absolute Gasteiger partial charge is 0.123 e. The van der Waals surface area contributed by atoms with E-state index in [4.69, 9.17) is 0 Å². The summed E-state index contributed by atoms with van der Waals surface area (Å²) in [6.07, 6.45) is 6.98. The van der Waals surface area contributed by atoms with Crippen LogP contribution in [0.3, 0.4) is 0 Å². The molecule has 1 nitrogen and oxygen atoms in total. The predicted octanol–water partition coefficient (Wildman–Crippen LogP) is 2.38. The second kappa shape index (κ2) is 6.53. The van der Waals surface area contributed by atoms with Gasteiger partial charge in [-0.2, -0.15) is 0 Å². The second-order valence-corrected chi connectivity index (χ2v) is 2.47. The first-order chi connectivity index (χ1) is 4.81. The summed E-state index contributed by atoms with van der Waals surface area (Å²) in [7, 11) is 0. The first kappa shape index (κ1) is 9.41. The fraction of sp³-hybridized carbons (Fsp3) is 0.556. The lowest BCUT2D eigenvalue weighted by Gasteiger charge is -1.99. The summed E-state index contributed by atoms with van der Waals surface area (Å²) in [5.74, 6) is -0.00943. The molecular formula is C9H15O. The largest absolute Gasteiger partial charge is 0.303 e. The monoisotopic (exact) mass is 139 g/mol. The average Bonchev–Trinajstić information content (AvgIpc) is 1.98. The second-order valence-electron chi connectivity index (χ2n) is 2.47. The Bertz CT molecular complexity index is 96.9. The van der Waals surface area contributed by atoms with Crippen LogP contribution in [-0.2, 0) is 4.79 Å². The van der Waals surface area contributed by atoms with Gasteiger partial charge in [-0.25, -0.2) is 0 Å². The van der Waals surface area contributed by atoms with Crippen molar-refractivity contribution in [2.24, 2.45) is 5.92 Å². The molecule has 1 heteroatoms. The predicted molar refractivity (Wildman–Crippen MR) is 43.6 cm³/mol. The van der Waals surface area contributed by atoms with Crippen LogP contribution in [0.1, 0.15) is 25.7 Å². The van der Waals surface area contributed by atoms with Gasteiger partial charge in [-0.05, 0) is 26.2 Å². The van der Waals surface area contributed by atoms with Crippen molar-refractivity contribution < 1.29 is 4.79 Å². The number of hydrogen-bond donors (Lipinski definition) is 0. The lowest BCUT2D eigenvalue weighted by atomic mass is 10.1. The van der Waals surface area contributed by atoms with Crippen LogP contribution in [0.25, 0.3) is 0 Å². The Balaban J connectivity index is 3.02. The molecule has 0 aliphatic carbocycles. The molecule has 0 aromatic heterocycles. The van der Waals surface area contributed by atoms with Gasteiger partial charge in [0.15, 0.2) is 0 Å². The van der Waals surface area contributed by atoms with Gasteiger partial charge in [0.1, 0.15) is 6.29 Å². The Morgan fingerprint density at radius 2 is 2.10 bits per heavy atom. The van der Waals surface area contributed by atoms with Gasteiger partial charge in [-0.15, -0.1) is 6.58 Å². The van der Waals surface area contributed by atoms with E-state index in [1.54, 1.807) is 0 Å². The van der Waals surface area contributed by atoms with E-state index in [9.17, 15) is 4.79 Å². The van der Waals surface area contributed by atoms with Gasteiger partial charge < -0.3 is 4.79 Å². The van der Waals surface area contributed by atoms with Gasteiger partial charge in [-0.3, -0.25) is 0 Å².